The summed E-state index contributed by atoms with van der Waals surface area (Å²) in [6.07, 6.45) is 9.29. The SMILES string of the molecule is COc1ccccc1C1CCN(C2CCCC(O)CCC2)CC1. The monoisotopic (exact) mass is 317 g/mol. The van der Waals surface area contributed by atoms with Crippen LogP contribution in [-0.2, 0) is 0 Å². The van der Waals surface area contributed by atoms with Crippen LogP contribution in [0.3, 0.4) is 0 Å². The number of rotatable bonds is 3. The average molecular weight is 317 g/mol. The molecule has 0 atom stereocenters. The van der Waals surface area contributed by atoms with Gasteiger partial charge in [0.1, 0.15) is 5.75 Å². The third-order valence-electron chi connectivity index (χ3n) is 5.77. The van der Waals surface area contributed by atoms with E-state index >= 15 is 0 Å². The van der Waals surface area contributed by atoms with Gasteiger partial charge in [0.2, 0.25) is 0 Å². The molecule has 1 aromatic carbocycles. The van der Waals surface area contributed by atoms with Gasteiger partial charge in [-0.1, -0.05) is 18.2 Å². The van der Waals surface area contributed by atoms with Gasteiger partial charge in [0.15, 0.2) is 0 Å². The van der Waals surface area contributed by atoms with Crippen molar-refractivity contribution < 1.29 is 9.84 Å². The Hall–Kier alpha value is -1.06. The van der Waals surface area contributed by atoms with Crippen LogP contribution in [-0.4, -0.2) is 42.4 Å². The van der Waals surface area contributed by atoms with Crippen molar-refractivity contribution in [2.75, 3.05) is 20.2 Å². The summed E-state index contributed by atoms with van der Waals surface area (Å²) < 4.78 is 5.54. The van der Waals surface area contributed by atoms with Crippen molar-refractivity contribution in [3.05, 3.63) is 29.8 Å². The Labute approximate surface area is 140 Å². The first-order valence-electron chi connectivity index (χ1n) is 9.33. The van der Waals surface area contributed by atoms with E-state index in [0.717, 1.165) is 24.6 Å². The van der Waals surface area contributed by atoms with Crippen LogP contribution in [0.4, 0.5) is 0 Å². The first-order chi connectivity index (χ1) is 11.3. The molecule has 0 radical (unpaired) electrons. The summed E-state index contributed by atoms with van der Waals surface area (Å²) in [5, 5.41) is 9.80. The van der Waals surface area contributed by atoms with E-state index in [1.54, 1.807) is 7.11 Å². The lowest BCUT2D eigenvalue weighted by atomic mass is 9.86. The fraction of sp³-hybridized carbons (Fsp3) is 0.700. The third-order valence-corrected chi connectivity index (χ3v) is 5.77. The molecule has 1 N–H and O–H groups in total. The van der Waals surface area contributed by atoms with Gasteiger partial charge in [-0.3, -0.25) is 0 Å². The van der Waals surface area contributed by atoms with Gasteiger partial charge in [-0.25, -0.2) is 0 Å². The lowest BCUT2D eigenvalue weighted by molar-refractivity contribution is 0.0963. The second-order valence-electron chi connectivity index (χ2n) is 7.22. The molecule has 0 bridgehead atoms. The van der Waals surface area contributed by atoms with E-state index in [9.17, 15) is 5.11 Å². The standard InChI is InChI=1S/C20H31NO2/c1-23-20-11-3-2-10-19(20)16-12-14-21(15-13-16)17-6-4-8-18(22)9-5-7-17/h2-3,10-11,16-18,22H,4-9,12-15H2,1H3. The number of ether oxygens (including phenoxy) is 1. The number of hydrogen-bond donors (Lipinski definition) is 1. The van der Waals surface area contributed by atoms with Crippen LogP contribution >= 0.6 is 0 Å². The fourth-order valence-corrected chi connectivity index (χ4v) is 4.41. The van der Waals surface area contributed by atoms with Crippen molar-refractivity contribution >= 4 is 0 Å². The highest BCUT2D eigenvalue weighted by Crippen LogP contribution is 2.35. The molecule has 3 nitrogen and oxygen atoms in total. The van der Waals surface area contributed by atoms with Gasteiger partial charge < -0.3 is 14.7 Å². The quantitative estimate of drug-likeness (QED) is 0.916. The minimum Gasteiger partial charge on any atom is -0.496 e. The Balaban J connectivity index is 1.55. The lowest BCUT2D eigenvalue weighted by Crippen LogP contribution is -2.41. The van der Waals surface area contributed by atoms with Crippen molar-refractivity contribution in [2.24, 2.45) is 0 Å². The Kier molecular flexibility index (Phi) is 5.96. The number of methoxy groups -OCH3 is 1. The summed E-state index contributed by atoms with van der Waals surface area (Å²) in [6, 6.07) is 9.24. The number of para-hydroxylation sites is 1. The Morgan fingerprint density at radius 3 is 2.26 bits per heavy atom. The summed E-state index contributed by atoms with van der Waals surface area (Å²) in [5.74, 6) is 1.68. The topological polar surface area (TPSA) is 32.7 Å². The molecule has 0 unspecified atom stereocenters. The van der Waals surface area contributed by atoms with Crippen molar-refractivity contribution in [2.45, 2.75) is 69.4 Å². The molecule has 0 amide bonds. The normalized spacial score (nSPS) is 28.1. The van der Waals surface area contributed by atoms with Gasteiger partial charge in [0.05, 0.1) is 13.2 Å². The predicted octanol–water partition coefficient (Wildman–Crippen LogP) is 3.96. The van der Waals surface area contributed by atoms with Crippen LogP contribution in [0.1, 0.15) is 62.8 Å². The zero-order valence-electron chi connectivity index (χ0n) is 14.4. The molecule has 1 aliphatic heterocycles. The molecule has 128 valence electrons. The molecule has 23 heavy (non-hydrogen) atoms. The molecule has 0 spiro atoms. The molecule has 0 aromatic heterocycles. The van der Waals surface area contributed by atoms with E-state index in [0.29, 0.717) is 5.92 Å². The van der Waals surface area contributed by atoms with Gasteiger partial charge in [-0.2, -0.15) is 0 Å². The van der Waals surface area contributed by atoms with Gasteiger partial charge in [0, 0.05) is 6.04 Å². The minimum absolute atomic E-state index is 0.0489. The molecule has 1 saturated carbocycles. The predicted molar refractivity (Wildman–Crippen MR) is 94.0 cm³/mol. The summed E-state index contributed by atoms with van der Waals surface area (Å²) in [7, 11) is 1.77. The average Bonchev–Trinajstić information content (AvgIpc) is 2.58. The largest absolute Gasteiger partial charge is 0.496 e. The van der Waals surface area contributed by atoms with Gasteiger partial charge >= 0.3 is 0 Å². The Morgan fingerprint density at radius 1 is 0.957 bits per heavy atom. The first kappa shape index (κ1) is 16.8. The number of benzene rings is 1. The van der Waals surface area contributed by atoms with Crippen LogP contribution in [0.5, 0.6) is 5.75 Å². The highest BCUT2D eigenvalue weighted by molar-refractivity contribution is 5.36. The van der Waals surface area contributed by atoms with E-state index < -0.39 is 0 Å². The Bertz CT molecular complexity index is 472. The molecule has 1 aromatic rings. The zero-order valence-corrected chi connectivity index (χ0v) is 14.4. The molecule has 3 rings (SSSR count). The van der Waals surface area contributed by atoms with E-state index in [4.69, 9.17) is 4.74 Å². The summed E-state index contributed by atoms with van der Waals surface area (Å²) >= 11 is 0. The molecule has 2 aliphatic rings. The van der Waals surface area contributed by atoms with E-state index in [1.807, 2.05) is 0 Å². The first-order valence-corrected chi connectivity index (χ1v) is 9.33. The summed E-state index contributed by atoms with van der Waals surface area (Å²) in [6.45, 7) is 2.41. The highest BCUT2D eigenvalue weighted by Gasteiger charge is 2.27. The van der Waals surface area contributed by atoms with Crippen molar-refractivity contribution in [1.82, 2.24) is 4.90 Å². The zero-order chi connectivity index (χ0) is 16.1. The second kappa shape index (κ2) is 8.16. The molecule has 1 aliphatic carbocycles. The number of piperidine rings is 1. The number of aliphatic hydroxyl groups excluding tert-OH is 1. The number of hydrogen-bond acceptors (Lipinski definition) is 3. The van der Waals surface area contributed by atoms with Gasteiger partial charge in [-0.05, 0) is 82.0 Å². The van der Waals surface area contributed by atoms with E-state index in [2.05, 4.69) is 29.2 Å². The number of aliphatic hydroxyl groups is 1. The van der Waals surface area contributed by atoms with Crippen LogP contribution in [0.25, 0.3) is 0 Å². The smallest absolute Gasteiger partial charge is 0.122 e. The molecule has 2 fully saturated rings. The maximum Gasteiger partial charge on any atom is 0.122 e. The molecule has 1 heterocycles. The van der Waals surface area contributed by atoms with Crippen molar-refractivity contribution in [3.63, 3.8) is 0 Å². The number of likely N-dealkylation sites (tertiary alicyclic amines) is 1. The maximum absolute atomic E-state index is 9.80. The van der Waals surface area contributed by atoms with E-state index in [-0.39, 0.29) is 6.10 Å². The lowest BCUT2D eigenvalue weighted by Gasteiger charge is -2.39. The van der Waals surface area contributed by atoms with Gasteiger partial charge in [-0.15, -0.1) is 0 Å². The fourth-order valence-electron chi connectivity index (χ4n) is 4.41. The molecular formula is C20H31NO2. The third kappa shape index (κ3) is 4.27. The highest BCUT2D eigenvalue weighted by atomic mass is 16.5. The Morgan fingerprint density at radius 2 is 1.61 bits per heavy atom. The molecular weight excluding hydrogens is 286 g/mol. The van der Waals surface area contributed by atoms with Gasteiger partial charge in [0.25, 0.3) is 0 Å². The maximum atomic E-state index is 9.80. The molecule has 1 saturated heterocycles. The van der Waals surface area contributed by atoms with Crippen molar-refractivity contribution in [1.29, 1.82) is 0 Å². The minimum atomic E-state index is -0.0489. The van der Waals surface area contributed by atoms with Crippen LogP contribution in [0.15, 0.2) is 24.3 Å². The van der Waals surface area contributed by atoms with Crippen molar-refractivity contribution in [3.8, 4) is 5.75 Å². The van der Waals surface area contributed by atoms with E-state index in [1.165, 1.54) is 57.2 Å². The van der Waals surface area contributed by atoms with Crippen LogP contribution in [0.2, 0.25) is 0 Å². The number of nitrogens with zero attached hydrogens (tertiary/aromatic N) is 1. The summed E-state index contributed by atoms with van der Waals surface area (Å²) in [5.41, 5.74) is 1.38. The van der Waals surface area contributed by atoms with Crippen LogP contribution in [0, 0.1) is 0 Å². The van der Waals surface area contributed by atoms with Crippen LogP contribution < -0.4 is 4.74 Å². The second-order valence-corrected chi connectivity index (χ2v) is 7.22. The molecule has 3 heteroatoms. The summed E-state index contributed by atoms with van der Waals surface area (Å²) in [4.78, 5) is 2.71.